The summed E-state index contributed by atoms with van der Waals surface area (Å²) in [6, 6.07) is 3.06. The van der Waals surface area contributed by atoms with Crippen LogP contribution in [0.25, 0.3) is 0 Å². The maximum Gasteiger partial charge on any atom is 0.325 e. The molecule has 1 amide bonds. The van der Waals surface area contributed by atoms with Crippen LogP contribution in [-0.2, 0) is 9.53 Å². The Morgan fingerprint density at radius 1 is 1.47 bits per heavy atom. The number of ether oxygens (including phenoxy) is 1. The number of aromatic hydroxyl groups is 1. The smallest absolute Gasteiger partial charge is 0.325 e. The van der Waals surface area contributed by atoms with E-state index in [0.29, 0.717) is 0 Å². The number of esters is 1. The molecule has 0 aliphatic carbocycles. The Bertz CT molecular complexity index is 514. The first-order chi connectivity index (χ1) is 8.95. The molecule has 0 unspecified atom stereocenters. The fraction of sp³-hybridized carbons (Fsp3) is 0.273. The van der Waals surface area contributed by atoms with Gasteiger partial charge in [0, 0.05) is 6.07 Å². The highest BCUT2D eigenvalue weighted by Crippen LogP contribution is 2.22. The fourth-order valence-corrected chi connectivity index (χ4v) is 1.32. The summed E-state index contributed by atoms with van der Waals surface area (Å²) in [6.45, 7) is 1.38. The molecule has 1 rings (SSSR count). The zero-order valence-electron chi connectivity index (χ0n) is 10.1. The van der Waals surface area contributed by atoms with E-state index in [-0.39, 0.29) is 17.9 Å². The molecule has 102 valence electrons. The lowest BCUT2D eigenvalue weighted by atomic mass is 10.1. The monoisotopic (exact) mass is 268 g/mol. The van der Waals surface area contributed by atoms with Crippen molar-refractivity contribution in [2.75, 3.05) is 13.2 Å². The Kier molecular flexibility index (Phi) is 4.81. The third-order valence-corrected chi connectivity index (χ3v) is 2.12. The molecule has 0 aliphatic heterocycles. The number of nitrogens with zero attached hydrogens (tertiary/aromatic N) is 1. The second-order valence-electron chi connectivity index (χ2n) is 3.45. The predicted molar refractivity (Wildman–Crippen MR) is 63.7 cm³/mol. The molecule has 0 fully saturated rings. The molecule has 0 saturated heterocycles. The maximum atomic E-state index is 11.7. The summed E-state index contributed by atoms with van der Waals surface area (Å²) in [5.74, 6) is -1.78. The molecule has 0 bridgehead atoms. The van der Waals surface area contributed by atoms with Crippen LogP contribution in [0.5, 0.6) is 5.75 Å². The van der Waals surface area contributed by atoms with Gasteiger partial charge in [-0.3, -0.25) is 19.7 Å². The van der Waals surface area contributed by atoms with Gasteiger partial charge in [-0.1, -0.05) is 0 Å². The highest BCUT2D eigenvalue weighted by atomic mass is 16.6. The van der Waals surface area contributed by atoms with Crippen molar-refractivity contribution in [2.24, 2.45) is 0 Å². The highest BCUT2D eigenvalue weighted by molar-refractivity contribution is 5.99. The van der Waals surface area contributed by atoms with Gasteiger partial charge in [0.25, 0.3) is 11.6 Å². The summed E-state index contributed by atoms with van der Waals surface area (Å²) in [6.07, 6.45) is 0. The van der Waals surface area contributed by atoms with E-state index in [2.05, 4.69) is 10.1 Å². The van der Waals surface area contributed by atoms with Gasteiger partial charge in [0.15, 0.2) is 0 Å². The number of phenolic OH excluding ortho intramolecular Hbond substituents is 1. The molecule has 2 N–H and O–H groups in total. The third-order valence-electron chi connectivity index (χ3n) is 2.12. The van der Waals surface area contributed by atoms with E-state index in [0.717, 1.165) is 18.2 Å². The average Bonchev–Trinajstić information content (AvgIpc) is 2.35. The number of nitrogens with one attached hydrogen (secondary N) is 1. The van der Waals surface area contributed by atoms with Gasteiger partial charge in [-0.15, -0.1) is 0 Å². The average molecular weight is 268 g/mol. The predicted octanol–water partition coefficient (Wildman–Crippen LogP) is 0.593. The van der Waals surface area contributed by atoms with E-state index in [1.165, 1.54) is 0 Å². The van der Waals surface area contributed by atoms with E-state index >= 15 is 0 Å². The molecule has 0 saturated carbocycles. The number of phenols is 1. The van der Waals surface area contributed by atoms with Gasteiger partial charge in [-0.2, -0.15) is 0 Å². The molecule has 0 heterocycles. The molecule has 0 aromatic heterocycles. The van der Waals surface area contributed by atoms with Crippen molar-refractivity contribution in [1.29, 1.82) is 0 Å². The number of hydrogen-bond donors (Lipinski definition) is 2. The topological polar surface area (TPSA) is 119 Å². The molecule has 0 radical (unpaired) electrons. The van der Waals surface area contributed by atoms with Gasteiger partial charge >= 0.3 is 5.97 Å². The van der Waals surface area contributed by atoms with Crippen molar-refractivity contribution in [1.82, 2.24) is 5.32 Å². The van der Waals surface area contributed by atoms with Gasteiger partial charge < -0.3 is 15.2 Å². The Hall–Kier alpha value is -2.64. The Labute approximate surface area is 108 Å². The Balaban J connectivity index is 2.84. The first-order valence-corrected chi connectivity index (χ1v) is 5.37. The molecule has 8 nitrogen and oxygen atoms in total. The van der Waals surface area contributed by atoms with Crippen LogP contribution in [0.3, 0.4) is 0 Å². The van der Waals surface area contributed by atoms with Gasteiger partial charge in [-0.05, 0) is 19.1 Å². The lowest BCUT2D eigenvalue weighted by Gasteiger charge is -2.06. The van der Waals surface area contributed by atoms with Crippen LogP contribution in [0.1, 0.15) is 17.3 Å². The highest BCUT2D eigenvalue weighted by Gasteiger charge is 2.21. The summed E-state index contributed by atoms with van der Waals surface area (Å²) in [5, 5.41) is 22.1. The van der Waals surface area contributed by atoms with E-state index in [1.807, 2.05) is 0 Å². The summed E-state index contributed by atoms with van der Waals surface area (Å²) in [7, 11) is 0. The molecular formula is C11H12N2O6. The summed E-state index contributed by atoms with van der Waals surface area (Å²) in [4.78, 5) is 32.7. The molecule has 0 aliphatic rings. The standard InChI is InChI=1S/C11H12N2O6/c1-2-19-10(15)6-12-11(16)8-5-7(14)3-4-9(8)13(17)18/h3-5,14H,2,6H2,1H3,(H,12,16). The zero-order chi connectivity index (χ0) is 14.4. The van der Waals surface area contributed by atoms with Crippen molar-refractivity contribution in [3.8, 4) is 5.75 Å². The Morgan fingerprint density at radius 2 is 2.16 bits per heavy atom. The lowest BCUT2D eigenvalue weighted by molar-refractivity contribution is -0.385. The van der Waals surface area contributed by atoms with E-state index < -0.39 is 29.0 Å². The minimum atomic E-state index is -0.837. The maximum absolute atomic E-state index is 11.7. The molecule has 8 heteroatoms. The van der Waals surface area contributed by atoms with Crippen LogP contribution >= 0.6 is 0 Å². The Morgan fingerprint density at radius 3 is 2.74 bits per heavy atom. The molecule has 0 spiro atoms. The second kappa shape index (κ2) is 6.34. The number of carbonyl (C=O) groups is 2. The van der Waals surface area contributed by atoms with Gasteiger partial charge in [-0.25, -0.2) is 0 Å². The molecule has 0 atom stereocenters. The number of rotatable bonds is 5. The van der Waals surface area contributed by atoms with Crippen molar-refractivity contribution < 1.29 is 24.4 Å². The second-order valence-corrected chi connectivity index (χ2v) is 3.45. The van der Waals surface area contributed by atoms with E-state index in [4.69, 9.17) is 0 Å². The first kappa shape index (κ1) is 14.4. The van der Waals surface area contributed by atoms with Crippen LogP contribution in [0.2, 0.25) is 0 Å². The van der Waals surface area contributed by atoms with Gasteiger partial charge in [0.1, 0.15) is 17.9 Å². The number of benzene rings is 1. The summed E-state index contributed by atoms with van der Waals surface area (Å²) < 4.78 is 4.59. The summed E-state index contributed by atoms with van der Waals surface area (Å²) >= 11 is 0. The van der Waals surface area contributed by atoms with Crippen LogP contribution in [0.4, 0.5) is 5.69 Å². The van der Waals surface area contributed by atoms with E-state index in [1.54, 1.807) is 6.92 Å². The third kappa shape index (κ3) is 3.95. The lowest BCUT2D eigenvalue weighted by Crippen LogP contribution is -2.31. The van der Waals surface area contributed by atoms with Crippen molar-refractivity contribution >= 4 is 17.6 Å². The number of carbonyl (C=O) groups excluding carboxylic acids is 2. The van der Waals surface area contributed by atoms with Crippen molar-refractivity contribution in [2.45, 2.75) is 6.92 Å². The van der Waals surface area contributed by atoms with Crippen LogP contribution < -0.4 is 5.32 Å². The van der Waals surface area contributed by atoms with Gasteiger partial charge in [0.2, 0.25) is 0 Å². The fourth-order valence-electron chi connectivity index (χ4n) is 1.32. The minimum Gasteiger partial charge on any atom is -0.508 e. The molecule has 1 aromatic carbocycles. The van der Waals surface area contributed by atoms with Crippen molar-refractivity contribution in [3.63, 3.8) is 0 Å². The SMILES string of the molecule is CCOC(=O)CNC(=O)c1cc(O)ccc1[N+](=O)[O-]. The van der Waals surface area contributed by atoms with Crippen LogP contribution in [-0.4, -0.2) is 35.1 Å². The molecular weight excluding hydrogens is 256 g/mol. The normalized spacial score (nSPS) is 9.74. The zero-order valence-corrected chi connectivity index (χ0v) is 10.1. The number of amides is 1. The van der Waals surface area contributed by atoms with Crippen LogP contribution in [0, 0.1) is 10.1 Å². The van der Waals surface area contributed by atoms with Crippen LogP contribution in [0.15, 0.2) is 18.2 Å². The number of nitro benzene ring substituents is 1. The minimum absolute atomic E-state index is 0.168. The van der Waals surface area contributed by atoms with Crippen molar-refractivity contribution in [3.05, 3.63) is 33.9 Å². The van der Waals surface area contributed by atoms with E-state index in [9.17, 15) is 24.8 Å². The quantitative estimate of drug-likeness (QED) is 0.458. The largest absolute Gasteiger partial charge is 0.508 e. The van der Waals surface area contributed by atoms with Gasteiger partial charge in [0.05, 0.1) is 11.5 Å². The molecule has 1 aromatic rings. The summed E-state index contributed by atoms with van der Waals surface area (Å²) in [5.41, 5.74) is -0.784. The number of hydrogen-bond acceptors (Lipinski definition) is 6. The molecule has 19 heavy (non-hydrogen) atoms. The number of nitro groups is 1. The first-order valence-electron chi connectivity index (χ1n) is 5.37.